The van der Waals surface area contributed by atoms with Crippen molar-refractivity contribution < 1.29 is 19.2 Å². The lowest BCUT2D eigenvalue weighted by atomic mass is 10.1. The fraction of sp³-hybridized carbons (Fsp3) is 0.375. The van der Waals surface area contributed by atoms with E-state index in [2.05, 4.69) is 0 Å². The summed E-state index contributed by atoms with van der Waals surface area (Å²) in [6, 6.07) is 7.17. The van der Waals surface area contributed by atoms with Crippen LogP contribution in [0.4, 0.5) is 4.79 Å². The van der Waals surface area contributed by atoms with Crippen molar-refractivity contribution in [1.29, 1.82) is 0 Å². The van der Waals surface area contributed by atoms with Crippen LogP contribution in [0.25, 0.3) is 10.9 Å². The fourth-order valence-electron chi connectivity index (χ4n) is 2.06. The van der Waals surface area contributed by atoms with Crippen LogP contribution in [0.1, 0.15) is 31.1 Å². The van der Waals surface area contributed by atoms with Crippen molar-refractivity contribution in [3.63, 3.8) is 0 Å². The molecule has 22 heavy (non-hydrogen) atoms. The van der Waals surface area contributed by atoms with E-state index in [9.17, 15) is 9.59 Å². The van der Waals surface area contributed by atoms with E-state index in [4.69, 9.17) is 9.57 Å². The zero-order chi connectivity index (χ0) is 16.5. The second-order valence-electron chi connectivity index (χ2n) is 5.90. The highest BCUT2D eigenvalue weighted by atomic mass is 16.7. The molecule has 0 aliphatic rings. The molecule has 0 unspecified atom stereocenters. The van der Waals surface area contributed by atoms with E-state index in [0.29, 0.717) is 16.5 Å². The molecule has 0 aliphatic heterocycles. The first-order valence-electron chi connectivity index (χ1n) is 6.90. The second-order valence-corrected chi connectivity index (χ2v) is 5.90. The first kappa shape index (κ1) is 16.0. The van der Waals surface area contributed by atoms with E-state index in [0.717, 1.165) is 5.06 Å². The predicted molar refractivity (Wildman–Crippen MR) is 82.7 cm³/mol. The Kier molecular flexibility index (Phi) is 4.23. The molecule has 6 heteroatoms. The summed E-state index contributed by atoms with van der Waals surface area (Å²) in [5.41, 5.74) is 0.381. The summed E-state index contributed by atoms with van der Waals surface area (Å²) in [6.45, 7) is 5.38. The van der Waals surface area contributed by atoms with Crippen molar-refractivity contribution in [2.45, 2.75) is 26.4 Å². The molecule has 1 heterocycles. The third-order valence-corrected chi connectivity index (χ3v) is 3.09. The summed E-state index contributed by atoms with van der Waals surface area (Å²) in [6.07, 6.45) is 0.958. The molecule has 118 valence electrons. The standard InChI is InChI=1S/C16H20N2O4/c1-16(2,3)22-15(20)18-10-12(14(19)17(4)21-5)11-8-6-7-9-13(11)18/h6-10H,1-5H3. The van der Waals surface area contributed by atoms with Crippen LogP contribution in [0.5, 0.6) is 0 Å². The number of benzene rings is 1. The highest BCUT2D eigenvalue weighted by Gasteiger charge is 2.24. The van der Waals surface area contributed by atoms with E-state index >= 15 is 0 Å². The lowest BCUT2D eigenvalue weighted by molar-refractivity contribution is -0.0755. The highest BCUT2D eigenvalue weighted by molar-refractivity contribution is 6.08. The van der Waals surface area contributed by atoms with Gasteiger partial charge in [0.2, 0.25) is 0 Å². The summed E-state index contributed by atoms with van der Waals surface area (Å²) in [5, 5.41) is 1.78. The first-order valence-corrected chi connectivity index (χ1v) is 6.90. The molecule has 1 aromatic carbocycles. The van der Waals surface area contributed by atoms with Gasteiger partial charge in [-0.3, -0.25) is 14.2 Å². The van der Waals surface area contributed by atoms with Crippen molar-refractivity contribution in [1.82, 2.24) is 9.63 Å². The molecule has 0 radical (unpaired) electrons. The number of ether oxygens (including phenoxy) is 1. The van der Waals surface area contributed by atoms with Crippen LogP contribution in [0.3, 0.4) is 0 Å². The van der Waals surface area contributed by atoms with Gasteiger partial charge in [-0.1, -0.05) is 18.2 Å². The Bertz CT molecular complexity index is 712. The Morgan fingerprint density at radius 1 is 1.18 bits per heavy atom. The van der Waals surface area contributed by atoms with Crippen molar-refractivity contribution in [3.05, 3.63) is 36.0 Å². The molecular formula is C16H20N2O4. The fourth-order valence-corrected chi connectivity index (χ4v) is 2.06. The van der Waals surface area contributed by atoms with Gasteiger partial charge >= 0.3 is 6.09 Å². The van der Waals surface area contributed by atoms with Gasteiger partial charge in [-0.05, 0) is 26.8 Å². The van der Waals surface area contributed by atoms with E-state index in [1.165, 1.54) is 24.9 Å². The summed E-state index contributed by atoms with van der Waals surface area (Å²) in [4.78, 5) is 29.6. The van der Waals surface area contributed by atoms with Crippen LogP contribution in [0, 0.1) is 0 Å². The number of hydroxylamine groups is 2. The van der Waals surface area contributed by atoms with Crippen molar-refractivity contribution >= 4 is 22.9 Å². The maximum atomic E-state index is 12.3. The summed E-state index contributed by atoms with van der Waals surface area (Å²) in [5.74, 6) is -0.332. The van der Waals surface area contributed by atoms with Crippen molar-refractivity contribution in [3.8, 4) is 0 Å². The van der Waals surface area contributed by atoms with Crippen molar-refractivity contribution in [2.75, 3.05) is 14.2 Å². The maximum absolute atomic E-state index is 12.3. The van der Waals surface area contributed by atoms with Gasteiger partial charge < -0.3 is 4.74 Å². The molecule has 0 spiro atoms. The molecule has 0 bridgehead atoms. The van der Waals surface area contributed by atoms with Crippen LogP contribution < -0.4 is 0 Å². The number of hydrogen-bond donors (Lipinski definition) is 0. The number of fused-ring (bicyclic) bond motifs is 1. The summed E-state index contributed by atoms with van der Waals surface area (Å²) in [7, 11) is 2.92. The molecule has 0 aliphatic carbocycles. The van der Waals surface area contributed by atoms with Gasteiger partial charge in [-0.15, -0.1) is 0 Å². The monoisotopic (exact) mass is 304 g/mol. The first-order chi connectivity index (χ1) is 10.2. The van der Waals surface area contributed by atoms with E-state index in [-0.39, 0.29) is 5.91 Å². The Hall–Kier alpha value is -2.34. The molecular weight excluding hydrogens is 284 g/mol. The molecule has 0 atom stereocenters. The lowest BCUT2D eigenvalue weighted by Gasteiger charge is -2.19. The Morgan fingerprint density at radius 3 is 2.41 bits per heavy atom. The van der Waals surface area contributed by atoms with Gasteiger partial charge in [-0.2, -0.15) is 0 Å². The van der Waals surface area contributed by atoms with Crippen LogP contribution >= 0.6 is 0 Å². The number of amides is 1. The maximum Gasteiger partial charge on any atom is 0.419 e. The molecule has 1 aromatic heterocycles. The average molecular weight is 304 g/mol. The average Bonchev–Trinajstić information content (AvgIpc) is 2.83. The lowest BCUT2D eigenvalue weighted by Crippen LogP contribution is -2.27. The number of para-hydroxylation sites is 1. The zero-order valence-corrected chi connectivity index (χ0v) is 13.4. The number of carbonyl (C=O) groups excluding carboxylic acids is 2. The predicted octanol–water partition coefficient (Wildman–Crippen LogP) is 3.06. The van der Waals surface area contributed by atoms with Gasteiger partial charge in [-0.25, -0.2) is 9.86 Å². The molecule has 2 aromatic rings. The van der Waals surface area contributed by atoms with E-state index in [1.54, 1.807) is 39.0 Å². The SMILES string of the molecule is CON(C)C(=O)c1cn(C(=O)OC(C)(C)C)c2ccccc12. The number of rotatable bonds is 2. The van der Waals surface area contributed by atoms with E-state index < -0.39 is 11.7 Å². The topological polar surface area (TPSA) is 60.8 Å². The Labute approximate surface area is 129 Å². The quantitative estimate of drug-likeness (QED) is 0.800. The minimum absolute atomic E-state index is 0.332. The second kappa shape index (κ2) is 5.81. The minimum Gasteiger partial charge on any atom is -0.443 e. The number of nitrogens with zero attached hydrogens (tertiary/aromatic N) is 2. The Balaban J connectivity index is 2.53. The van der Waals surface area contributed by atoms with Crippen LogP contribution in [0.2, 0.25) is 0 Å². The number of hydrogen-bond acceptors (Lipinski definition) is 4. The molecule has 0 fully saturated rings. The molecule has 1 amide bonds. The summed E-state index contributed by atoms with van der Waals surface area (Å²) < 4.78 is 6.72. The van der Waals surface area contributed by atoms with Gasteiger partial charge in [0.05, 0.1) is 18.2 Å². The van der Waals surface area contributed by atoms with Crippen LogP contribution in [-0.2, 0) is 9.57 Å². The third kappa shape index (κ3) is 3.12. The highest BCUT2D eigenvalue weighted by Crippen LogP contribution is 2.23. The third-order valence-electron chi connectivity index (χ3n) is 3.09. The van der Waals surface area contributed by atoms with Crippen LogP contribution in [-0.4, -0.2) is 41.4 Å². The minimum atomic E-state index is -0.615. The smallest absolute Gasteiger partial charge is 0.419 e. The number of aromatic nitrogens is 1. The molecule has 0 N–H and O–H groups in total. The van der Waals surface area contributed by atoms with Crippen molar-refractivity contribution in [2.24, 2.45) is 0 Å². The van der Waals surface area contributed by atoms with Gasteiger partial charge in [0.1, 0.15) is 5.60 Å². The molecule has 2 rings (SSSR count). The molecule has 0 saturated carbocycles. The van der Waals surface area contributed by atoms with Gasteiger partial charge in [0.15, 0.2) is 0 Å². The molecule has 0 saturated heterocycles. The number of carbonyl (C=O) groups is 2. The summed E-state index contributed by atoms with van der Waals surface area (Å²) >= 11 is 0. The zero-order valence-electron chi connectivity index (χ0n) is 13.4. The molecule has 6 nitrogen and oxygen atoms in total. The van der Waals surface area contributed by atoms with E-state index in [1.807, 2.05) is 6.07 Å². The normalized spacial score (nSPS) is 11.5. The Morgan fingerprint density at radius 2 is 1.82 bits per heavy atom. The van der Waals surface area contributed by atoms with Gasteiger partial charge in [0, 0.05) is 18.6 Å². The largest absolute Gasteiger partial charge is 0.443 e. The van der Waals surface area contributed by atoms with Crippen LogP contribution in [0.15, 0.2) is 30.5 Å². The van der Waals surface area contributed by atoms with Gasteiger partial charge in [0.25, 0.3) is 5.91 Å².